The molecule has 0 spiro atoms. The fourth-order valence-corrected chi connectivity index (χ4v) is 4.51. The van der Waals surface area contributed by atoms with E-state index in [1.54, 1.807) is 25.7 Å². The standard InChI is InChI=1S/C32H47N3O4/c1-8-10-14-20-33-29(36)28(26-19-15-16-23(3)24(26)4)35(21-9-2)30(37)27(22-25-17-12-11-13-18-25)34-31(38)39-32(5,6)7/h11-13,15-19,27-28H,8-10,14,20-22H2,1-7H3,(H,33,36)(H,34,38). The van der Waals surface area contributed by atoms with Crippen LogP contribution < -0.4 is 10.6 Å². The van der Waals surface area contributed by atoms with Crippen LogP contribution >= 0.6 is 0 Å². The second kappa shape index (κ2) is 15.3. The van der Waals surface area contributed by atoms with Crippen molar-refractivity contribution in [1.29, 1.82) is 0 Å². The summed E-state index contributed by atoms with van der Waals surface area (Å²) in [6, 6.07) is 13.7. The number of benzene rings is 2. The van der Waals surface area contributed by atoms with Gasteiger partial charge in [0.25, 0.3) is 0 Å². The van der Waals surface area contributed by atoms with Crippen LogP contribution in [0.4, 0.5) is 4.79 Å². The minimum Gasteiger partial charge on any atom is -0.444 e. The summed E-state index contributed by atoms with van der Waals surface area (Å²) in [6.45, 7) is 14.3. The van der Waals surface area contributed by atoms with E-state index in [2.05, 4.69) is 17.6 Å². The van der Waals surface area contributed by atoms with E-state index in [0.717, 1.165) is 41.5 Å². The van der Waals surface area contributed by atoms with Crippen molar-refractivity contribution in [2.45, 2.75) is 98.3 Å². The van der Waals surface area contributed by atoms with Crippen LogP contribution in [0.5, 0.6) is 0 Å². The third-order valence-corrected chi connectivity index (χ3v) is 6.60. The van der Waals surface area contributed by atoms with Gasteiger partial charge in [-0.2, -0.15) is 0 Å². The van der Waals surface area contributed by atoms with Crippen molar-refractivity contribution in [1.82, 2.24) is 15.5 Å². The average Bonchev–Trinajstić information content (AvgIpc) is 2.87. The number of hydrogen-bond acceptors (Lipinski definition) is 4. The number of alkyl carbamates (subject to hydrolysis) is 1. The van der Waals surface area contributed by atoms with E-state index in [-0.39, 0.29) is 18.2 Å². The molecule has 7 nitrogen and oxygen atoms in total. The summed E-state index contributed by atoms with van der Waals surface area (Å²) in [5.41, 5.74) is 3.00. The fourth-order valence-electron chi connectivity index (χ4n) is 4.51. The monoisotopic (exact) mass is 537 g/mol. The zero-order valence-electron chi connectivity index (χ0n) is 24.8. The molecule has 2 atom stereocenters. The molecular formula is C32H47N3O4. The molecule has 2 aromatic rings. The predicted molar refractivity (Wildman–Crippen MR) is 156 cm³/mol. The van der Waals surface area contributed by atoms with Gasteiger partial charge in [-0.15, -0.1) is 0 Å². The van der Waals surface area contributed by atoms with E-state index in [4.69, 9.17) is 4.74 Å². The van der Waals surface area contributed by atoms with Gasteiger partial charge in [0.1, 0.15) is 17.7 Å². The van der Waals surface area contributed by atoms with Crippen molar-refractivity contribution in [2.75, 3.05) is 13.1 Å². The van der Waals surface area contributed by atoms with Crippen LogP contribution in [0.3, 0.4) is 0 Å². The Kier molecular flexibility index (Phi) is 12.5. The first-order chi connectivity index (χ1) is 18.5. The summed E-state index contributed by atoms with van der Waals surface area (Å²) in [5, 5.41) is 5.88. The topological polar surface area (TPSA) is 87.7 Å². The summed E-state index contributed by atoms with van der Waals surface area (Å²) in [5.74, 6) is -0.529. The molecule has 2 aromatic carbocycles. The van der Waals surface area contributed by atoms with Gasteiger partial charge >= 0.3 is 6.09 Å². The molecule has 2 unspecified atom stereocenters. The maximum absolute atomic E-state index is 14.3. The maximum atomic E-state index is 14.3. The van der Waals surface area contributed by atoms with Gasteiger partial charge in [0.15, 0.2) is 0 Å². The molecule has 0 aliphatic carbocycles. The normalized spacial score (nSPS) is 12.8. The number of amides is 3. The zero-order valence-corrected chi connectivity index (χ0v) is 24.8. The molecule has 214 valence electrons. The second-order valence-electron chi connectivity index (χ2n) is 11.1. The number of hydrogen-bond donors (Lipinski definition) is 2. The van der Waals surface area contributed by atoms with Crippen LogP contribution in [0.1, 0.15) is 88.6 Å². The Bertz CT molecular complexity index is 1080. The number of unbranched alkanes of at least 4 members (excludes halogenated alkanes) is 2. The van der Waals surface area contributed by atoms with Gasteiger partial charge in [-0.3, -0.25) is 9.59 Å². The van der Waals surface area contributed by atoms with Gasteiger partial charge in [-0.25, -0.2) is 4.79 Å². The molecule has 7 heteroatoms. The smallest absolute Gasteiger partial charge is 0.408 e. The Morgan fingerprint density at radius 3 is 2.23 bits per heavy atom. The molecule has 0 aliphatic heterocycles. The third-order valence-electron chi connectivity index (χ3n) is 6.60. The van der Waals surface area contributed by atoms with Crippen LogP contribution in [0.25, 0.3) is 0 Å². The lowest BCUT2D eigenvalue weighted by Gasteiger charge is -2.35. The van der Waals surface area contributed by atoms with Gasteiger partial charge in [0.2, 0.25) is 11.8 Å². The van der Waals surface area contributed by atoms with Crippen LogP contribution in [0.15, 0.2) is 48.5 Å². The van der Waals surface area contributed by atoms with Gasteiger partial charge in [-0.05, 0) is 69.7 Å². The Morgan fingerprint density at radius 1 is 0.923 bits per heavy atom. The molecule has 0 aliphatic rings. The largest absolute Gasteiger partial charge is 0.444 e. The number of nitrogens with one attached hydrogen (secondary N) is 2. The van der Waals surface area contributed by atoms with Crippen LogP contribution in [0.2, 0.25) is 0 Å². The van der Waals surface area contributed by atoms with Crippen LogP contribution in [0, 0.1) is 13.8 Å². The van der Waals surface area contributed by atoms with Crippen LogP contribution in [-0.2, 0) is 20.7 Å². The second-order valence-corrected chi connectivity index (χ2v) is 11.1. The summed E-state index contributed by atoms with van der Waals surface area (Å²) in [7, 11) is 0. The highest BCUT2D eigenvalue weighted by atomic mass is 16.6. The number of carbonyl (C=O) groups excluding carboxylic acids is 3. The molecule has 2 rings (SSSR count). The molecule has 0 aromatic heterocycles. The highest BCUT2D eigenvalue weighted by Gasteiger charge is 2.36. The fraction of sp³-hybridized carbons (Fsp3) is 0.531. The lowest BCUT2D eigenvalue weighted by molar-refractivity contribution is -0.142. The number of nitrogens with zero attached hydrogens (tertiary/aromatic N) is 1. The van der Waals surface area contributed by atoms with Gasteiger partial charge in [-0.1, -0.05) is 75.2 Å². The molecule has 3 amide bonds. The Labute approximate surface area is 234 Å². The lowest BCUT2D eigenvalue weighted by Crippen LogP contribution is -2.54. The van der Waals surface area contributed by atoms with Crippen molar-refractivity contribution in [3.63, 3.8) is 0 Å². The van der Waals surface area contributed by atoms with Crippen molar-refractivity contribution >= 4 is 17.9 Å². The van der Waals surface area contributed by atoms with E-state index in [0.29, 0.717) is 19.5 Å². The maximum Gasteiger partial charge on any atom is 0.408 e. The molecule has 0 saturated heterocycles. The summed E-state index contributed by atoms with van der Waals surface area (Å²) in [4.78, 5) is 42.5. The van der Waals surface area contributed by atoms with Crippen molar-refractivity contribution < 1.29 is 19.1 Å². The van der Waals surface area contributed by atoms with E-state index in [1.807, 2.05) is 69.3 Å². The molecule has 0 radical (unpaired) electrons. The summed E-state index contributed by atoms with van der Waals surface area (Å²) < 4.78 is 5.50. The Morgan fingerprint density at radius 2 is 1.62 bits per heavy atom. The van der Waals surface area contributed by atoms with Crippen LogP contribution in [-0.4, -0.2) is 47.5 Å². The predicted octanol–water partition coefficient (Wildman–Crippen LogP) is 6.03. The first-order valence-corrected chi connectivity index (χ1v) is 14.2. The van der Waals surface area contributed by atoms with Gasteiger partial charge in [0.05, 0.1) is 0 Å². The lowest BCUT2D eigenvalue weighted by atomic mass is 9.94. The van der Waals surface area contributed by atoms with E-state index in [9.17, 15) is 14.4 Å². The quantitative estimate of drug-likeness (QED) is 0.306. The van der Waals surface area contributed by atoms with E-state index >= 15 is 0 Å². The molecular weight excluding hydrogens is 490 g/mol. The third kappa shape index (κ3) is 10.0. The summed E-state index contributed by atoms with van der Waals surface area (Å²) in [6.07, 6.45) is 3.21. The zero-order chi connectivity index (χ0) is 29.0. The molecule has 0 saturated carbocycles. The van der Waals surface area contributed by atoms with Gasteiger partial charge < -0.3 is 20.3 Å². The molecule has 2 N–H and O–H groups in total. The highest BCUT2D eigenvalue weighted by molar-refractivity contribution is 5.92. The van der Waals surface area contributed by atoms with Crippen molar-refractivity contribution in [3.05, 3.63) is 70.8 Å². The number of rotatable bonds is 13. The minimum atomic E-state index is -0.908. The highest BCUT2D eigenvalue weighted by Crippen LogP contribution is 2.28. The number of aryl methyl sites for hydroxylation is 1. The molecule has 39 heavy (non-hydrogen) atoms. The molecule has 0 heterocycles. The minimum absolute atomic E-state index is 0.211. The Balaban J connectivity index is 2.51. The van der Waals surface area contributed by atoms with Crippen molar-refractivity contribution in [3.8, 4) is 0 Å². The summed E-state index contributed by atoms with van der Waals surface area (Å²) >= 11 is 0. The Hall–Kier alpha value is -3.35. The number of carbonyl (C=O) groups is 3. The first kappa shape index (κ1) is 31.9. The SMILES string of the molecule is CCCCCNC(=O)C(c1cccc(C)c1C)N(CCC)C(=O)C(Cc1ccccc1)NC(=O)OC(C)(C)C. The average molecular weight is 538 g/mol. The number of ether oxygens (including phenoxy) is 1. The van der Waals surface area contributed by atoms with Gasteiger partial charge in [0, 0.05) is 19.5 Å². The molecule has 0 bridgehead atoms. The van der Waals surface area contributed by atoms with E-state index < -0.39 is 23.8 Å². The molecule has 0 fully saturated rings. The van der Waals surface area contributed by atoms with E-state index in [1.165, 1.54) is 0 Å². The van der Waals surface area contributed by atoms with Crippen molar-refractivity contribution in [2.24, 2.45) is 0 Å². The first-order valence-electron chi connectivity index (χ1n) is 14.2.